The van der Waals surface area contributed by atoms with E-state index < -0.39 is 22.1 Å². The van der Waals surface area contributed by atoms with Crippen LogP contribution in [-0.2, 0) is 32.6 Å². The first kappa shape index (κ1) is 35.6. The van der Waals surface area contributed by atoms with Crippen LogP contribution in [0.15, 0.2) is 58.2 Å². The second-order valence-electron chi connectivity index (χ2n) is 11.0. The molecule has 0 fully saturated rings. The molecule has 0 aromatic heterocycles. The van der Waals surface area contributed by atoms with Crippen LogP contribution in [0.4, 0.5) is 5.69 Å². The van der Waals surface area contributed by atoms with E-state index in [1.807, 2.05) is 12.3 Å². The van der Waals surface area contributed by atoms with Gasteiger partial charge in [0.1, 0.15) is 6.04 Å². The molecule has 5 N–H and O–H groups in total. The molecule has 14 heteroatoms. The predicted molar refractivity (Wildman–Crippen MR) is 183 cm³/mol. The molecule has 2 amide bonds. The van der Waals surface area contributed by atoms with Crippen LogP contribution >= 0.6 is 11.8 Å². The topological polar surface area (TPSA) is 175 Å². The van der Waals surface area contributed by atoms with Crippen molar-refractivity contribution in [1.82, 2.24) is 10.6 Å². The van der Waals surface area contributed by atoms with Crippen LogP contribution in [0, 0.1) is 0 Å². The van der Waals surface area contributed by atoms with Gasteiger partial charge in [0.25, 0.3) is 0 Å². The minimum Gasteiger partial charge on any atom is -0.493 e. The number of methoxy groups -OCH3 is 3. The van der Waals surface area contributed by atoms with Gasteiger partial charge >= 0.3 is 0 Å². The van der Waals surface area contributed by atoms with E-state index in [-0.39, 0.29) is 34.4 Å². The van der Waals surface area contributed by atoms with E-state index in [4.69, 9.17) is 19.3 Å². The smallest absolute Gasteiger partial charge is 0.242 e. The van der Waals surface area contributed by atoms with Gasteiger partial charge in [-0.1, -0.05) is 18.2 Å². The molecule has 0 saturated carbocycles. The van der Waals surface area contributed by atoms with Crippen molar-refractivity contribution in [3.05, 3.63) is 75.4 Å². The van der Waals surface area contributed by atoms with E-state index in [0.29, 0.717) is 59.0 Å². The molecule has 0 heterocycles. The summed E-state index contributed by atoms with van der Waals surface area (Å²) in [5.74, 6) is 1.42. The zero-order valence-corrected chi connectivity index (χ0v) is 28.6. The highest BCUT2D eigenvalue weighted by Gasteiger charge is 2.30. The first-order valence-corrected chi connectivity index (χ1v) is 17.8. The number of nitrogens with two attached hydrogens (primary N) is 1. The van der Waals surface area contributed by atoms with Gasteiger partial charge in [0.05, 0.1) is 38.0 Å². The lowest BCUT2D eigenvalue weighted by Crippen LogP contribution is -2.40. The summed E-state index contributed by atoms with van der Waals surface area (Å²) in [7, 11) is 0.767. The lowest BCUT2D eigenvalue weighted by Gasteiger charge is -2.19. The number of thioether (sulfide) groups is 1. The van der Waals surface area contributed by atoms with Crippen LogP contribution in [0.3, 0.4) is 0 Å². The van der Waals surface area contributed by atoms with Crippen molar-refractivity contribution in [2.75, 3.05) is 38.7 Å². The summed E-state index contributed by atoms with van der Waals surface area (Å²) in [5.41, 5.74) is 3.43. The molecule has 2 unspecified atom stereocenters. The van der Waals surface area contributed by atoms with E-state index in [1.165, 1.54) is 39.3 Å². The van der Waals surface area contributed by atoms with Gasteiger partial charge in [-0.2, -0.15) is 11.8 Å². The maximum atomic E-state index is 13.8. The summed E-state index contributed by atoms with van der Waals surface area (Å²) >= 11 is 1.57. The van der Waals surface area contributed by atoms with Crippen molar-refractivity contribution >= 4 is 39.3 Å². The molecule has 4 rings (SSSR count). The zero-order chi connectivity index (χ0) is 34.3. The largest absolute Gasteiger partial charge is 0.493 e. The number of fused-ring (bicyclic) bond motifs is 3. The van der Waals surface area contributed by atoms with Crippen LogP contribution in [0.1, 0.15) is 42.5 Å². The molecule has 0 aliphatic heterocycles. The van der Waals surface area contributed by atoms with Crippen molar-refractivity contribution in [1.29, 1.82) is 0 Å². The fourth-order valence-electron chi connectivity index (χ4n) is 5.63. The lowest BCUT2D eigenvalue weighted by atomic mass is 9.95. The quantitative estimate of drug-likeness (QED) is 0.209. The lowest BCUT2D eigenvalue weighted by molar-refractivity contribution is -0.122. The number of amides is 2. The highest BCUT2D eigenvalue weighted by atomic mass is 32.2. The standard InChI is InChI=1S/C33H40N4O8S2/c1-19(38)36-25-12-8-21-16-29(43-2)31(44-3)32(45-4)30(21)23-11-13-26(28(39)17-24(23)25)37-27(14-15-46-5)33(40)35-18-20-6-9-22(10-7-20)47(34,41)42/h6-7,9-11,13,16-17,25,27H,8,12,14-15,18H2,1-5H3,(H,35,40)(H,36,38)(H,37,39)(H2,34,41,42). The highest BCUT2D eigenvalue weighted by Crippen LogP contribution is 2.50. The molecule has 47 heavy (non-hydrogen) atoms. The second kappa shape index (κ2) is 15.5. The van der Waals surface area contributed by atoms with Crippen LogP contribution in [-0.4, -0.2) is 59.6 Å². The van der Waals surface area contributed by atoms with Gasteiger partial charge in [-0.25, -0.2) is 13.6 Å². The van der Waals surface area contributed by atoms with Gasteiger partial charge in [0.15, 0.2) is 11.5 Å². The van der Waals surface area contributed by atoms with Gasteiger partial charge in [0.2, 0.25) is 33.0 Å². The molecule has 12 nitrogen and oxygen atoms in total. The van der Waals surface area contributed by atoms with Crippen LogP contribution < -0.4 is 40.7 Å². The monoisotopic (exact) mass is 684 g/mol. The van der Waals surface area contributed by atoms with Crippen molar-refractivity contribution in [3.63, 3.8) is 0 Å². The molecule has 1 aliphatic rings. The number of ether oxygens (including phenoxy) is 3. The summed E-state index contributed by atoms with van der Waals surface area (Å²) in [6, 6.07) is 11.5. The number of benzene rings is 2. The minimum atomic E-state index is -3.83. The van der Waals surface area contributed by atoms with E-state index in [0.717, 1.165) is 11.1 Å². The van der Waals surface area contributed by atoms with Gasteiger partial charge in [-0.15, -0.1) is 0 Å². The van der Waals surface area contributed by atoms with E-state index in [9.17, 15) is 22.8 Å². The Hall–Kier alpha value is -4.27. The third-order valence-electron chi connectivity index (χ3n) is 7.89. The number of primary sulfonamides is 1. The van der Waals surface area contributed by atoms with Crippen LogP contribution in [0.5, 0.6) is 17.2 Å². The number of aryl methyl sites for hydroxylation is 1. The maximum absolute atomic E-state index is 13.8. The van der Waals surface area contributed by atoms with Gasteiger partial charge in [-0.05, 0) is 83.9 Å². The number of carbonyl (C=O) groups excluding carboxylic acids is 2. The number of hydrogen-bond acceptors (Lipinski definition) is 10. The summed E-state index contributed by atoms with van der Waals surface area (Å²) in [5, 5.41) is 14.2. The number of carbonyl (C=O) groups is 2. The average Bonchev–Trinajstić information content (AvgIpc) is 3.28. The van der Waals surface area contributed by atoms with E-state index in [1.54, 1.807) is 43.1 Å². The number of rotatable bonds is 13. The van der Waals surface area contributed by atoms with Crippen molar-refractivity contribution in [2.45, 2.75) is 49.7 Å². The number of sulfonamides is 1. The minimum absolute atomic E-state index is 0.0241. The maximum Gasteiger partial charge on any atom is 0.242 e. The molecule has 2 atom stereocenters. The third kappa shape index (κ3) is 8.37. The molecular formula is C33H40N4O8S2. The highest BCUT2D eigenvalue weighted by molar-refractivity contribution is 7.98. The first-order chi connectivity index (χ1) is 22.4. The Labute approximate surface area is 278 Å². The molecule has 0 saturated heterocycles. The van der Waals surface area contributed by atoms with Gasteiger partial charge in [0, 0.05) is 19.0 Å². The summed E-state index contributed by atoms with van der Waals surface area (Å²) in [6.45, 7) is 1.57. The molecule has 1 aliphatic carbocycles. The Balaban J connectivity index is 1.74. The Morgan fingerprint density at radius 2 is 1.72 bits per heavy atom. The van der Waals surface area contributed by atoms with E-state index in [2.05, 4.69) is 16.0 Å². The van der Waals surface area contributed by atoms with Crippen molar-refractivity contribution in [2.24, 2.45) is 5.14 Å². The van der Waals surface area contributed by atoms with Crippen molar-refractivity contribution in [3.8, 4) is 28.4 Å². The Morgan fingerprint density at radius 1 is 1.02 bits per heavy atom. The molecule has 3 aromatic carbocycles. The Kier molecular flexibility index (Phi) is 11.8. The fraction of sp³-hybridized carbons (Fsp3) is 0.364. The number of anilines is 1. The molecule has 252 valence electrons. The second-order valence-corrected chi connectivity index (χ2v) is 13.5. The number of hydrogen-bond donors (Lipinski definition) is 4. The Morgan fingerprint density at radius 3 is 2.32 bits per heavy atom. The SMILES string of the molecule is COc1cc2c(c(OC)c1OC)-c1ccc(NC(CCSC)C(=O)NCc3ccc(S(N)(=O)=O)cc3)c(=O)cc1C(NC(C)=O)CC2. The number of nitrogens with one attached hydrogen (secondary N) is 3. The third-order valence-corrected chi connectivity index (χ3v) is 9.46. The molecule has 0 spiro atoms. The van der Waals surface area contributed by atoms with Gasteiger partial charge < -0.3 is 30.2 Å². The molecular weight excluding hydrogens is 645 g/mol. The molecule has 0 bridgehead atoms. The van der Waals surface area contributed by atoms with Crippen LogP contribution in [0.25, 0.3) is 11.1 Å². The summed E-state index contributed by atoms with van der Waals surface area (Å²) in [6.07, 6.45) is 3.44. The Bertz CT molecular complexity index is 1800. The normalized spacial score (nSPS) is 14.5. The average molecular weight is 685 g/mol. The molecule has 3 aromatic rings. The first-order valence-electron chi connectivity index (χ1n) is 14.8. The fourth-order valence-corrected chi connectivity index (χ4v) is 6.62. The predicted octanol–water partition coefficient (Wildman–Crippen LogP) is 3.36. The van der Waals surface area contributed by atoms with E-state index >= 15 is 0 Å². The van der Waals surface area contributed by atoms with Crippen LogP contribution in [0.2, 0.25) is 0 Å². The van der Waals surface area contributed by atoms with Gasteiger partial charge in [-0.3, -0.25) is 14.4 Å². The zero-order valence-electron chi connectivity index (χ0n) is 27.0. The summed E-state index contributed by atoms with van der Waals surface area (Å²) in [4.78, 5) is 39.4. The summed E-state index contributed by atoms with van der Waals surface area (Å²) < 4.78 is 40.2. The van der Waals surface area contributed by atoms with Crippen molar-refractivity contribution < 1.29 is 32.2 Å². The molecule has 0 radical (unpaired) electrons.